The highest BCUT2D eigenvalue weighted by Gasteiger charge is 2.46. The molecular formula is C30H36N8O3. The van der Waals surface area contributed by atoms with Gasteiger partial charge in [-0.15, -0.1) is 0 Å². The molecule has 214 valence electrons. The van der Waals surface area contributed by atoms with E-state index in [1.165, 1.54) is 23.8 Å². The van der Waals surface area contributed by atoms with Gasteiger partial charge in [0.05, 0.1) is 17.4 Å². The van der Waals surface area contributed by atoms with Crippen LogP contribution in [-0.2, 0) is 11.2 Å². The molecule has 4 atom stereocenters. The molecule has 4 aromatic rings. The van der Waals surface area contributed by atoms with E-state index in [1.54, 1.807) is 4.57 Å². The van der Waals surface area contributed by atoms with Crippen molar-refractivity contribution in [1.82, 2.24) is 34.4 Å². The lowest BCUT2D eigenvalue weighted by Crippen LogP contribution is -2.52. The lowest BCUT2D eigenvalue weighted by Gasteiger charge is -2.46. The monoisotopic (exact) mass is 556 g/mol. The zero-order valence-corrected chi connectivity index (χ0v) is 23.3. The third kappa shape index (κ3) is 4.72. The number of rotatable bonds is 9. The summed E-state index contributed by atoms with van der Waals surface area (Å²) in [4.78, 5) is 23.3. The maximum atomic E-state index is 10.9. The number of benzene rings is 1. The van der Waals surface area contributed by atoms with Crippen LogP contribution in [0.3, 0.4) is 0 Å². The third-order valence-electron chi connectivity index (χ3n) is 8.94. The molecular weight excluding hydrogens is 520 g/mol. The maximum Gasteiger partial charge on any atom is 0.167 e. The number of nitrogens with zero attached hydrogens (tertiary/aromatic N) is 6. The van der Waals surface area contributed by atoms with Crippen LogP contribution in [0, 0.1) is 5.92 Å². The highest BCUT2D eigenvalue weighted by Crippen LogP contribution is 2.38. The quantitative estimate of drug-likeness (QED) is 0.244. The standard InChI is InChI=1S/C30H36N8O3/c1-16(2)37(13-23-26(39)27(40)30(41-23)38-15-34-25-28(31)32-14-33-29(25)38)20-10-17(11-20)6-9-24-35-21-8-7-19(12-22(21)36-24)18-4-3-5-18/h3-5,7-8,12,14-17,20,23,26-27,30,39-40H,6,9-11,13H2,1-2H3,(H,35,36)(H2,31,32,33)/t17?,20?,23-,26-,27-,30-/m1/s1. The fraction of sp³-hybridized carbons (Fsp3) is 0.467. The van der Waals surface area contributed by atoms with Gasteiger partial charge in [-0.2, -0.15) is 0 Å². The van der Waals surface area contributed by atoms with Gasteiger partial charge in [0.15, 0.2) is 17.7 Å². The molecule has 0 radical (unpaired) electrons. The Morgan fingerprint density at radius 1 is 1.17 bits per heavy atom. The average molecular weight is 557 g/mol. The number of imidazole rings is 2. The molecule has 0 bridgehead atoms. The van der Waals surface area contributed by atoms with E-state index < -0.39 is 24.5 Å². The number of aliphatic hydroxyl groups is 2. The van der Waals surface area contributed by atoms with Crippen LogP contribution in [0.15, 0.2) is 49.1 Å². The van der Waals surface area contributed by atoms with Gasteiger partial charge in [0.1, 0.15) is 36.0 Å². The number of aryl methyl sites for hydroxylation is 1. The molecule has 5 N–H and O–H groups in total. The topological polar surface area (TPSA) is 151 Å². The SMILES string of the molecule is CC(C)N(C[C@H]1O[C@@H](n2cnc3c(N)ncnc32)[C@H](O)[C@@H]1O)C1CC(CCc2nc3cc(C4=CC=C4)ccc3[nH]2)C1. The fourth-order valence-electron chi connectivity index (χ4n) is 6.44. The second-order valence-electron chi connectivity index (χ2n) is 11.8. The molecule has 2 aliphatic carbocycles. The van der Waals surface area contributed by atoms with Crippen molar-refractivity contribution in [3.63, 3.8) is 0 Å². The fourth-order valence-corrected chi connectivity index (χ4v) is 6.44. The van der Waals surface area contributed by atoms with Gasteiger partial charge in [-0.1, -0.05) is 24.3 Å². The summed E-state index contributed by atoms with van der Waals surface area (Å²) in [5.74, 6) is 1.93. The molecule has 1 aromatic carbocycles. The van der Waals surface area contributed by atoms with Crippen LogP contribution in [-0.4, -0.2) is 81.5 Å². The molecule has 1 aliphatic heterocycles. The molecule has 11 nitrogen and oxygen atoms in total. The van der Waals surface area contributed by atoms with Crippen molar-refractivity contribution in [2.75, 3.05) is 12.3 Å². The van der Waals surface area contributed by atoms with Gasteiger partial charge in [-0.05, 0) is 62.3 Å². The zero-order chi connectivity index (χ0) is 28.2. The van der Waals surface area contributed by atoms with E-state index in [0.29, 0.717) is 29.7 Å². The minimum Gasteiger partial charge on any atom is -0.387 e. The summed E-state index contributed by atoms with van der Waals surface area (Å²) in [6.45, 7) is 4.87. The molecule has 11 heteroatoms. The highest BCUT2D eigenvalue weighted by atomic mass is 16.6. The van der Waals surface area contributed by atoms with E-state index in [9.17, 15) is 10.2 Å². The van der Waals surface area contributed by atoms with Crippen LogP contribution in [0.25, 0.3) is 27.8 Å². The molecule has 2 fully saturated rings. The number of nitrogens with one attached hydrogen (secondary N) is 1. The van der Waals surface area contributed by atoms with Gasteiger partial charge in [0.25, 0.3) is 0 Å². The smallest absolute Gasteiger partial charge is 0.167 e. The number of hydrogen-bond donors (Lipinski definition) is 4. The van der Waals surface area contributed by atoms with E-state index in [0.717, 1.165) is 42.5 Å². The molecule has 3 aromatic heterocycles. The number of allylic oxidation sites excluding steroid dienone is 4. The van der Waals surface area contributed by atoms with Crippen molar-refractivity contribution in [1.29, 1.82) is 0 Å². The van der Waals surface area contributed by atoms with Crippen molar-refractivity contribution >= 4 is 33.6 Å². The summed E-state index contributed by atoms with van der Waals surface area (Å²) in [6, 6.07) is 7.11. The van der Waals surface area contributed by atoms with Gasteiger partial charge < -0.3 is 25.7 Å². The van der Waals surface area contributed by atoms with Crippen molar-refractivity contribution in [2.24, 2.45) is 5.92 Å². The van der Waals surface area contributed by atoms with E-state index in [-0.39, 0.29) is 11.9 Å². The van der Waals surface area contributed by atoms with Crippen LogP contribution in [0.1, 0.15) is 50.7 Å². The summed E-state index contributed by atoms with van der Waals surface area (Å²) >= 11 is 0. The number of aromatic amines is 1. The summed E-state index contributed by atoms with van der Waals surface area (Å²) in [5, 5.41) is 21.8. The predicted octanol–water partition coefficient (Wildman–Crippen LogP) is 2.98. The Morgan fingerprint density at radius 3 is 2.76 bits per heavy atom. The number of fused-ring (bicyclic) bond motifs is 2. The van der Waals surface area contributed by atoms with Crippen LogP contribution in [0.2, 0.25) is 0 Å². The van der Waals surface area contributed by atoms with Crippen LogP contribution >= 0.6 is 0 Å². The summed E-state index contributed by atoms with van der Waals surface area (Å²) in [5.41, 5.74) is 11.4. The molecule has 0 spiro atoms. The summed E-state index contributed by atoms with van der Waals surface area (Å²) in [6.07, 6.45) is 9.90. The number of aliphatic hydroxyl groups excluding tert-OH is 2. The number of nitrogen functional groups attached to an aromatic ring is 1. The van der Waals surface area contributed by atoms with Crippen molar-refractivity contribution in [3.8, 4) is 0 Å². The first kappa shape index (κ1) is 26.3. The average Bonchev–Trinajstić information content (AvgIpc) is 3.58. The molecule has 1 saturated heterocycles. The van der Waals surface area contributed by atoms with Crippen molar-refractivity contribution in [3.05, 3.63) is 60.5 Å². The second kappa shape index (κ2) is 10.3. The highest BCUT2D eigenvalue weighted by molar-refractivity contribution is 5.87. The van der Waals surface area contributed by atoms with Gasteiger partial charge in [0, 0.05) is 25.0 Å². The Morgan fingerprint density at radius 2 is 2.00 bits per heavy atom. The van der Waals surface area contributed by atoms with Crippen LogP contribution in [0.5, 0.6) is 0 Å². The number of nitrogens with two attached hydrogens (primary N) is 1. The summed E-state index contributed by atoms with van der Waals surface area (Å²) in [7, 11) is 0. The lowest BCUT2D eigenvalue weighted by atomic mass is 9.76. The molecule has 7 rings (SSSR count). The van der Waals surface area contributed by atoms with E-state index in [2.05, 4.69) is 75.1 Å². The second-order valence-corrected chi connectivity index (χ2v) is 11.8. The largest absolute Gasteiger partial charge is 0.387 e. The van der Waals surface area contributed by atoms with Gasteiger partial charge in [0.2, 0.25) is 0 Å². The van der Waals surface area contributed by atoms with Gasteiger partial charge in [-0.25, -0.2) is 19.9 Å². The first-order valence-corrected chi connectivity index (χ1v) is 14.4. The molecule has 0 amide bonds. The van der Waals surface area contributed by atoms with Crippen molar-refractivity contribution < 1.29 is 14.9 Å². The molecule has 1 saturated carbocycles. The first-order chi connectivity index (χ1) is 19.9. The number of ether oxygens (including phenoxy) is 1. The van der Waals surface area contributed by atoms with Crippen LogP contribution in [0.4, 0.5) is 5.82 Å². The lowest BCUT2D eigenvalue weighted by molar-refractivity contribution is -0.0620. The van der Waals surface area contributed by atoms with E-state index >= 15 is 0 Å². The Balaban J connectivity index is 0.957. The number of anilines is 1. The number of H-pyrrole nitrogens is 1. The minimum atomic E-state index is -1.11. The van der Waals surface area contributed by atoms with E-state index in [4.69, 9.17) is 15.5 Å². The third-order valence-corrected chi connectivity index (χ3v) is 8.94. The zero-order valence-electron chi connectivity index (χ0n) is 23.3. The maximum absolute atomic E-state index is 10.9. The Hall–Kier alpha value is -3.64. The predicted molar refractivity (Wildman–Crippen MR) is 156 cm³/mol. The van der Waals surface area contributed by atoms with E-state index in [1.807, 2.05) is 0 Å². The van der Waals surface area contributed by atoms with Gasteiger partial charge >= 0.3 is 0 Å². The minimum absolute atomic E-state index is 0.262. The molecule has 0 unspecified atom stereocenters. The Kier molecular flexibility index (Phi) is 6.61. The Labute approximate surface area is 237 Å². The van der Waals surface area contributed by atoms with Gasteiger partial charge in [-0.3, -0.25) is 9.47 Å². The first-order valence-electron chi connectivity index (χ1n) is 14.4. The molecule has 3 aliphatic rings. The molecule has 41 heavy (non-hydrogen) atoms. The van der Waals surface area contributed by atoms with Crippen molar-refractivity contribution in [2.45, 2.75) is 76.2 Å². The summed E-state index contributed by atoms with van der Waals surface area (Å²) < 4.78 is 7.86. The Bertz CT molecular complexity index is 1640. The molecule has 4 heterocycles. The normalized spacial score (nSPS) is 27.6. The number of hydrogen-bond acceptors (Lipinski definition) is 9. The van der Waals surface area contributed by atoms with Crippen LogP contribution < -0.4 is 5.73 Å². The number of aromatic nitrogens is 6.